The smallest absolute Gasteiger partial charge is 0.0934 e. The molecule has 0 amide bonds. The predicted octanol–water partition coefficient (Wildman–Crippen LogP) is 2.65. The predicted molar refractivity (Wildman–Crippen MR) is 58.2 cm³/mol. The highest BCUT2D eigenvalue weighted by Crippen LogP contribution is 2.19. The number of alkyl halides is 1. The van der Waals surface area contributed by atoms with Gasteiger partial charge in [0.15, 0.2) is 0 Å². The van der Waals surface area contributed by atoms with Crippen molar-refractivity contribution < 1.29 is 4.39 Å². The van der Waals surface area contributed by atoms with Crippen molar-refractivity contribution in [2.24, 2.45) is 5.73 Å². The molecule has 0 fully saturated rings. The van der Waals surface area contributed by atoms with E-state index in [0.29, 0.717) is 18.9 Å². The van der Waals surface area contributed by atoms with E-state index in [9.17, 15) is 4.39 Å². The van der Waals surface area contributed by atoms with Crippen LogP contribution in [0.1, 0.15) is 30.4 Å². The number of hydrogen-bond acceptors (Lipinski definition) is 1. The van der Waals surface area contributed by atoms with Gasteiger partial charge < -0.3 is 5.73 Å². The summed E-state index contributed by atoms with van der Waals surface area (Å²) in [6, 6.07) is 8.13. The Kier molecular flexibility index (Phi) is 4.60. The van der Waals surface area contributed by atoms with Crippen molar-refractivity contribution in [3.63, 3.8) is 0 Å². The SMILES string of the molecule is CC(CCN)c1cccc(CCF)c1. The van der Waals surface area contributed by atoms with Crippen molar-refractivity contribution >= 4 is 0 Å². The van der Waals surface area contributed by atoms with E-state index in [1.54, 1.807) is 0 Å². The fraction of sp³-hybridized carbons (Fsp3) is 0.500. The lowest BCUT2D eigenvalue weighted by Gasteiger charge is -2.11. The van der Waals surface area contributed by atoms with E-state index in [2.05, 4.69) is 19.1 Å². The number of halogens is 1. The Balaban J connectivity index is 2.71. The van der Waals surface area contributed by atoms with Gasteiger partial charge in [-0.25, -0.2) is 0 Å². The normalized spacial score (nSPS) is 12.8. The van der Waals surface area contributed by atoms with Crippen molar-refractivity contribution in [3.05, 3.63) is 35.4 Å². The minimum Gasteiger partial charge on any atom is -0.330 e. The maximum absolute atomic E-state index is 12.1. The van der Waals surface area contributed by atoms with Gasteiger partial charge in [0.1, 0.15) is 0 Å². The molecule has 1 unspecified atom stereocenters. The quantitative estimate of drug-likeness (QED) is 0.768. The number of rotatable bonds is 5. The molecule has 2 heteroatoms. The standard InChI is InChI=1S/C12H18FN/c1-10(6-8-14)12-4-2-3-11(9-12)5-7-13/h2-4,9-10H,5-8,14H2,1H3. The average molecular weight is 195 g/mol. The molecule has 0 saturated carbocycles. The Bertz CT molecular complexity index is 273. The molecule has 0 radical (unpaired) electrons. The third-order valence-electron chi connectivity index (χ3n) is 2.50. The largest absolute Gasteiger partial charge is 0.330 e. The molecule has 78 valence electrons. The van der Waals surface area contributed by atoms with Crippen LogP contribution in [0.15, 0.2) is 24.3 Å². The third kappa shape index (κ3) is 3.11. The van der Waals surface area contributed by atoms with E-state index in [1.807, 2.05) is 12.1 Å². The van der Waals surface area contributed by atoms with Crippen LogP contribution in [0.3, 0.4) is 0 Å². The Morgan fingerprint density at radius 1 is 1.43 bits per heavy atom. The van der Waals surface area contributed by atoms with Crippen LogP contribution >= 0.6 is 0 Å². The molecule has 0 heterocycles. The van der Waals surface area contributed by atoms with Crippen LogP contribution in [0, 0.1) is 0 Å². The highest BCUT2D eigenvalue weighted by molar-refractivity contribution is 5.26. The first-order valence-corrected chi connectivity index (χ1v) is 5.12. The lowest BCUT2D eigenvalue weighted by Crippen LogP contribution is -2.04. The van der Waals surface area contributed by atoms with Crippen molar-refractivity contribution in [2.75, 3.05) is 13.2 Å². The Hall–Kier alpha value is -0.890. The molecule has 0 aliphatic rings. The highest BCUT2D eigenvalue weighted by atomic mass is 19.1. The van der Waals surface area contributed by atoms with Gasteiger partial charge in [-0.15, -0.1) is 0 Å². The molecule has 0 aromatic heterocycles. The summed E-state index contributed by atoms with van der Waals surface area (Å²) in [6.45, 7) is 2.57. The van der Waals surface area contributed by atoms with Crippen molar-refractivity contribution in [1.29, 1.82) is 0 Å². The van der Waals surface area contributed by atoms with Crippen LogP contribution in [0.4, 0.5) is 4.39 Å². The molecule has 1 aromatic rings. The summed E-state index contributed by atoms with van der Waals surface area (Å²) < 4.78 is 12.1. The molecule has 1 atom stereocenters. The molecule has 0 aliphatic carbocycles. The fourth-order valence-corrected chi connectivity index (χ4v) is 1.58. The van der Waals surface area contributed by atoms with Crippen molar-refractivity contribution in [2.45, 2.75) is 25.7 Å². The zero-order chi connectivity index (χ0) is 10.4. The zero-order valence-corrected chi connectivity index (χ0v) is 8.67. The number of nitrogens with two attached hydrogens (primary N) is 1. The van der Waals surface area contributed by atoms with E-state index in [1.165, 1.54) is 5.56 Å². The van der Waals surface area contributed by atoms with E-state index in [0.717, 1.165) is 12.0 Å². The number of hydrogen-bond donors (Lipinski definition) is 1. The van der Waals surface area contributed by atoms with Crippen LogP contribution in [0.2, 0.25) is 0 Å². The summed E-state index contributed by atoms with van der Waals surface area (Å²) >= 11 is 0. The van der Waals surface area contributed by atoms with Crippen molar-refractivity contribution in [1.82, 2.24) is 0 Å². The summed E-state index contributed by atoms with van der Waals surface area (Å²) in [7, 11) is 0. The van der Waals surface area contributed by atoms with Crippen molar-refractivity contribution in [3.8, 4) is 0 Å². The number of aryl methyl sites for hydroxylation is 1. The zero-order valence-electron chi connectivity index (χ0n) is 8.67. The number of benzene rings is 1. The first kappa shape index (κ1) is 11.2. The van der Waals surface area contributed by atoms with Gasteiger partial charge in [-0.1, -0.05) is 31.2 Å². The van der Waals surface area contributed by atoms with Gasteiger partial charge in [-0.2, -0.15) is 0 Å². The molecule has 0 bridgehead atoms. The first-order valence-electron chi connectivity index (χ1n) is 5.12. The molecular weight excluding hydrogens is 177 g/mol. The maximum Gasteiger partial charge on any atom is 0.0934 e. The lowest BCUT2D eigenvalue weighted by molar-refractivity contribution is 0.495. The molecule has 0 aliphatic heterocycles. The topological polar surface area (TPSA) is 26.0 Å². The van der Waals surface area contributed by atoms with Gasteiger partial charge in [-0.3, -0.25) is 4.39 Å². The van der Waals surface area contributed by atoms with Crippen LogP contribution in [0.5, 0.6) is 0 Å². The van der Waals surface area contributed by atoms with Crippen LogP contribution in [0.25, 0.3) is 0 Å². The molecule has 1 rings (SSSR count). The fourth-order valence-electron chi connectivity index (χ4n) is 1.58. The van der Waals surface area contributed by atoms with Crippen LogP contribution in [-0.4, -0.2) is 13.2 Å². The molecular formula is C12H18FN. The minimum atomic E-state index is -0.283. The Morgan fingerprint density at radius 2 is 2.21 bits per heavy atom. The van der Waals surface area contributed by atoms with E-state index in [-0.39, 0.29) is 6.67 Å². The van der Waals surface area contributed by atoms with E-state index >= 15 is 0 Å². The van der Waals surface area contributed by atoms with Gasteiger partial charge in [0.2, 0.25) is 0 Å². The molecule has 0 spiro atoms. The van der Waals surface area contributed by atoms with Gasteiger partial charge in [0, 0.05) is 6.42 Å². The van der Waals surface area contributed by atoms with E-state index < -0.39 is 0 Å². The van der Waals surface area contributed by atoms with Gasteiger partial charge in [-0.05, 0) is 30.0 Å². The summed E-state index contributed by atoms with van der Waals surface area (Å²) in [4.78, 5) is 0. The maximum atomic E-state index is 12.1. The molecule has 2 N–H and O–H groups in total. The second-order valence-corrected chi connectivity index (χ2v) is 3.66. The molecule has 0 saturated heterocycles. The second-order valence-electron chi connectivity index (χ2n) is 3.66. The monoisotopic (exact) mass is 195 g/mol. The highest BCUT2D eigenvalue weighted by Gasteiger charge is 2.04. The Morgan fingerprint density at radius 3 is 2.86 bits per heavy atom. The summed E-state index contributed by atoms with van der Waals surface area (Å²) in [6.07, 6.45) is 1.50. The first-order chi connectivity index (χ1) is 6.77. The lowest BCUT2D eigenvalue weighted by atomic mass is 9.96. The minimum absolute atomic E-state index is 0.283. The van der Waals surface area contributed by atoms with Crippen LogP contribution < -0.4 is 5.73 Å². The molecule has 1 nitrogen and oxygen atoms in total. The van der Waals surface area contributed by atoms with E-state index in [4.69, 9.17) is 5.73 Å². The average Bonchev–Trinajstić information content (AvgIpc) is 2.19. The Labute approximate surface area is 85.1 Å². The summed E-state index contributed by atoms with van der Waals surface area (Å²) in [5.74, 6) is 0.472. The second kappa shape index (κ2) is 5.76. The molecule has 1 aromatic carbocycles. The van der Waals surface area contributed by atoms with Gasteiger partial charge in [0.25, 0.3) is 0 Å². The van der Waals surface area contributed by atoms with Gasteiger partial charge in [0.05, 0.1) is 6.67 Å². The summed E-state index contributed by atoms with van der Waals surface area (Å²) in [5, 5.41) is 0. The summed E-state index contributed by atoms with van der Waals surface area (Å²) in [5.41, 5.74) is 7.85. The molecule has 14 heavy (non-hydrogen) atoms. The third-order valence-corrected chi connectivity index (χ3v) is 2.50. The van der Waals surface area contributed by atoms with Gasteiger partial charge >= 0.3 is 0 Å². The van der Waals surface area contributed by atoms with Crippen LogP contribution in [-0.2, 0) is 6.42 Å².